The summed E-state index contributed by atoms with van der Waals surface area (Å²) in [6.45, 7) is 6.48. The van der Waals surface area contributed by atoms with Crippen molar-refractivity contribution in [3.05, 3.63) is 64.3 Å². The fourth-order valence-corrected chi connectivity index (χ4v) is 5.37. The first-order valence-corrected chi connectivity index (χ1v) is 11.6. The summed E-state index contributed by atoms with van der Waals surface area (Å²) >= 11 is 1.41. The number of carbonyl (C=O) groups excluding carboxylic acids is 3. The van der Waals surface area contributed by atoms with Crippen molar-refractivity contribution in [3.8, 4) is 0 Å². The molecule has 0 spiro atoms. The van der Waals surface area contributed by atoms with E-state index in [1.807, 2.05) is 30.9 Å². The van der Waals surface area contributed by atoms with Gasteiger partial charge in [0.2, 0.25) is 11.7 Å². The van der Waals surface area contributed by atoms with E-state index in [0.29, 0.717) is 40.4 Å². The molecule has 1 saturated heterocycles. The second kappa shape index (κ2) is 8.20. The molecular formula is C25H23N3O4S. The molecule has 33 heavy (non-hydrogen) atoms. The van der Waals surface area contributed by atoms with Crippen LogP contribution in [0.3, 0.4) is 0 Å². The van der Waals surface area contributed by atoms with Crippen LogP contribution < -0.4 is 4.90 Å². The summed E-state index contributed by atoms with van der Waals surface area (Å²) in [7, 11) is 0. The van der Waals surface area contributed by atoms with Crippen LogP contribution >= 0.6 is 11.3 Å². The Morgan fingerprint density at radius 3 is 2.58 bits per heavy atom. The Bertz CT molecular complexity index is 1320. The van der Waals surface area contributed by atoms with Crippen LogP contribution in [0.15, 0.2) is 48.2 Å². The van der Waals surface area contributed by atoms with E-state index in [9.17, 15) is 14.4 Å². The number of nitrogens with zero attached hydrogens (tertiary/aromatic N) is 3. The molecular weight excluding hydrogens is 438 g/mol. The number of allylic oxidation sites excluding steroid dienone is 1. The molecule has 1 fully saturated rings. The van der Waals surface area contributed by atoms with Gasteiger partial charge in [0, 0.05) is 37.2 Å². The van der Waals surface area contributed by atoms with Crippen LogP contribution in [-0.2, 0) is 9.53 Å². The fraction of sp³-hybridized carbons (Fsp3) is 0.280. The van der Waals surface area contributed by atoms with Crippen molar-refractivity contribution in [2.24, 2.45) is 0 Å². The topological polar surface area (TPSA) is 79.8 Å². The van der Waals surface area contributed by atoms with Crippen molar-refractivity contribution in [2.75, 3.05) is 18.0 Å². The maximum absolute atomic E-state index is 13.1. The normalized spacial score (nSPS) is 21.7. The highest BCUT2D eigenvalue weighted by atomic mass is 32.1. The third-order valence-electron chi connectivity index (χ3n) is 5.80. The molecule has 0 bridgehead atoms. The highest BCUT2D eigenvalue weighted by molar-refractivity contribution is 7.19. The summed E-state index contributed by atoms with van der Waals surface area (Å²) in [5.74, 6) is -0.482. The quantitative estimate of drug-likeness (QED) is 0.536. The van der Waals surface area contributed by atoms with Gasteiger partial charge in [-0.15, -0.1) is 11.3 Å². The predicted molar refractivity (Wildman–Crippen MR) is 127 cm³/mol. The van der Waals surface area contributed by atoms with Gasteiger partial charge in [-0.3, -0.25) is 19.3 Å². The number of Topliss-reactive ketones (excluding diaryl/α,β-unsaturated/α-hetero) is 1. The van der Waals surface area contributed by atoms with Gasteiger partial charge in [-0.1, -0.05) is 12.1 Å². The minimum absolute atomic E-state index is 0.00350. The number of ether oxygens (including phenoxy) is 1. The molecule has 5 rings (SSSR count). The Labute approximate surface area is 195 Å². The molecule has 2 atom stereocenters. The highest BCUT2D eigenvalue weighted by Crippen LogP contribution is 2.36. The Hall–Kier alpha value is -3.36. The van der Waals surface area contributed by atoms with E-state index in [-0.39, 0.29) is 35.5 Å². The number of morpholine rings is 1. The first kappa shape index (κ1) is 21.5. The molecule has 2 amide bonds. The van der Waals surface area contributed by atoms with E-state index in [1.54, 1.807) is 36.4 Å². The summed E-state index contributed by atoms with van der Waals surface area (Å²) in [4.78, 5) is 46.2. The average molecular weight is 462 g/mol. The van der Waals surface area contributed by atoms with E-state index in [0.717, 1.165) is 4.70 Å². The predicted octanol–water partition coefficient (Wildman–Crippen LogP) is 4.14. The number of thiazole rings is 1. The number of hydrogen-bond acceptors (Lipinski definition) is 6. The van der Waals surface area contributed by atoms with Gasteiger partial charge < -0.3 is 9.64 Å². The van der Waals surface area contributed by atoms with Crippen molar-refractivity contribution in [3.63, 3.8) is 0 Å². The Morgan fingerprint density at radius 2 is 1.85 bits per heavy atom. The smallest absolute Gasteiger partial charge is 0.254 e. The number of aromatic nitrogens is 1. The lowest BCUT2D eigenvalue weighted by molar-refractivity contribution is -0.116. The lowest BCUT2D eigenvalue weighted by Gasteiger charge is -2.35. The zero-order valence-electron chi connectivity index (χ0n) is 18.6. The van der Waals surface area contributed by atoms with Gasteiger partial charge in [0.1, 0.15) is 5.01 Å². The zero-order valence-corrected chi connectivity index (χ0v) is 19.4. The van der Waals surface area contributed by atoms with Gasteiger partial charge in [-0.05, 0) is 44.2 Å². The number of ketones is 1. The van der Waals surface area contributed by atoms with Crippen LogP contribution in [-0.4, -0.2) is 52.8 Å². The molecule has 168 valence electrons. The van der Waals surface area contributed by atoms with Gasteiger partial charge in [-0.2, -0.15) is 0 Å². The molecule has 3 heterocycles. The number of anilines is 1. The first-order valence-electron chi connectivity index (χ1n) is 10.8. The highest BCUT2D eigenvalue weighted by Gasteiger charge is 2.34. The van der Waals surface area contributed by atoms with Crippen LogP contribution in [0.1, 0.15) is 46.5 Å². The maximum Gasteiger partial charge on any atom is 0.254 e. The number of benzene rings is 2. The second-order valence-corrected chi connectivity index (χ2v) is 9.49. The number of rotatable bonds is 2. The van der Waals surface area contributed by atoms with Gasteiger partial charge in [0.15, 0.2) is 0 Å². The summed E-state index contributed by atoms with van der Waals surface area (Å²) in [5.41, 5.74) is 2.63. The van der Waals surface area contributed by atoms with E-state index in [2.05, 4.69) is 4.98 Å². The van der Waals surface area contributed by atoms with Crippen LogP contribution in [0.25, 0.3) is 16.3 Å². The summed E-state index contributed by atoms with van der Waals surface area (Å²) in [5, 5.41) is 0.602. The zero-order chi connectivity index (χ0) is 23.3. The molecule has 0 aliphatic carbocycles. The number of amides is 2. The number of fused-ring (bicyclic) bond motifs is 2. The maximum atomic E-state index is 13.1. The average Bonchev–Trinajstić information content (AvgIpc) is 3.30. The van der Waals surface area contributed by atoms with E-state index < -0.39 is 0 Å². The Balaban J connectivity index is 1.47. The molecule has 2 unspecified atom stereocenters. The van der Waals surface area contributed by atoms with Crippen LogP contribution in [0.5, 0.6) is 0 Å². The van der Waals surface area contributed by atoms with Gasteiger partial charge in [0.05, 0.1) is 33.8 Å². The van der Waals surface area contributed by atoms with E-state index in [1.165, 1.54) is 23.2 Å². The molecule has 1 aromatic heterocycles. The molecule has 0 N–H and O–H groups in total. The summed E-state index contributed by atoms with van der Waals surface area (Å²) in [6, 6.07) is 12.5. The van der Waals surface area contributed by atoms with E-state index >= 15 is 0 Å². The minimum atomic E-state index is -0.234. The van der Waals surface area contributed by atoms with Crippen molar-refractivity contribution >= 4 is 50.9 Å². The summed E-state index contributed by atoms with van der Waals surface area (Å²) < 4.78 is 6.63. The van der Waals surface area contributed by atoms with Crippen molar-refractivity contribution in [1.82, 2.24) is 9.88 Å². The molecule has 3 aromatic rings. The van der Waals surface area contributed by atoms with Crippen LogP contribution in [0.4, 0.5) is 5.69 Å². The third-order valence-corrected chi connectivity index (χ3v) is 6.78. The molecule has 2 aliphatic heterocycles. The Kier molecular flexibility index (Phi) is 5.34. The molecule has 0 radical (unpaired) electrons. The van der Waals surface area contributed by atoms with Crippen molar-refractivity contribution in [1.29, 1.82) is 0 Å². The number of carbonyl (C=O) groups is 3. The monoisotopic (exact) mass is 461 g/mol. The molecule has 0 saturated carbocycles. The minimum Gasteiger partial charge on any atom is -0.372 e. The summed E-state index contributed by atoms with van der Waals surface area (Å²) in [6.07, 6.45) is 1.65. The van der Waals surface area contributed by atoms with Crippen molar-refractivity contribution < 1.29 is 19.1 Å². The van der Waals surface area contributed by atoms with Gasteiger partial charge >= 0.3 is 0 Å². The first-order chi connectivity index (χ1) is 15.8. The van der Waals surface area contributed by atoms with Crippen molar-refractivity contribution in [2.45, 2.75) is 33.0 Å². The fourth-order valence-electron chi connectivity index (χ4n) is 4.48. The number of hydrogen-bond donors (Lipinski definition) is 0. The lowest BCUT2D eigenvalue weighted by Crippen LogP contribution is -2.48. The molecule has 2 aliphatic rings. The van der Waals surface area contributed by atoms with Gasteiger partial charge in [-0.25, -0.2) is 4.98 Å². The number of para-hydroxylation sites is 1. The van der Waals surface area contributed by atoms with Crippen LogP contribution in [0.2, 0.25) is 0 Å². The Morgan fingerprint density at radius 1 is 1.12 bits per heavy atom. The standard InChI is InChI=1S/C25H23N3O4S/c1-14-12-27(13-15(2)32-14)25(31)17-8-9-22-19(10-17)26-23(33-22)11-21-24(30)18-6-4-5-7-20(18)28(21)16(3)29/h4-11,14-15H,12-13H2,1-3H3/b21-11+. The molecule has 2 aromatic carbocycles. The lowest BCUT2D eigenvalue weighted by atomic mass is 10.1. The second-order valence-electron chi connectivity index (χ2n) is 8.43. The largest absolute Gasteiger partial charge is 0.372 e. The molecule has 7 nitrogen and oxygen atoms in total. The molecule has 8 heteroatoms. The third kappa shape index (κ3) is 3.85. The van der Waals surface area contributed by atoms with Gasteiger partial charge in [0.25, 0.3) is 5.91 Å². The van der Waals surface area contributed by atoms with E-state index in [4.69, 9.17) is 4.74 Å². The SMILES string of the molecule is CC(=O)N1/C(=C/c2nc3cc(C(=O)N4CC(C)OC(C)C4)ccc3s2)C(=O)c2ccccc21. The van der Waals surface area contributed by atoms with Crippen LogP contribution in [0, 0.1) is 0 Å².